The van der Waals surface area contributed by atoms with Gasteiger partial charge in [0, 0.05) is 15.6 Å². The predicted octanol–water partition coefficient (Wildman–Crippen LogP) is 4.78. The van der Waals surface area contributed by atoms with Crippen LogP contribution in [0.25, 0.3) is 11.1 Å². The van der Waals surface area contributed by atoms with E-state index in [1.165, 1.54) is 12.1 Å². The third-order valence-corrected chi connectivity index (χ3v) is 3.36. The molecule has 0 aliphatic carbocycles. The van der Waals surface area contributed by atoms with Gasteiger partial charge in [0.25, 0.3) is 5.91 Å². The lowest BCUT2D eigenvalue weighted by atomic mass is 9.98. The zero-order valence-electron chi connectivity index (χ0n) is 12.2. The van der Waals surface area contributed by atoms with Crippen LogP contribution < -0.4 is 5.32 Å². The number of rotatable bonds is 2. The van der Waals surface area contributed by atoms with Crippen molar-refractivity contribution in [1.29, 1.82) is 0 Å². The molecule has 0 atom stereocenters. The first kappa shape index (κ1) is 15.7. The van der Waals surface area contributed by atoms with E-state index in [4.69, 9.17) is 0 Å². The fourth-order valence-corrected chi connectivity index (χ4v) is 2.35. The maximum Gasteiger partial charge on any atom is 0.252 e. The summed E-state index contributed by atoms with van der Waals surface area (Å²) in [4.78, 5) is 12.4. The molecular weight excluding hydrogens is 333 g/mol. The van der Waals surface area contributed by atoms with Gasteiger partial charge in [-0.2, -0.15) is 0 Å². The Hall–Kier alpha value is -1.68. The Morgan fingerprint density at radius 2 is 1.71 bits per heavy atom. The average molecular weight is 350 g/mol. The van der Waals surface area contributed by atoms with Crippen LogP contribution in [0.5, 0.6) is 0 Å². The molecule has 2 nitrogen and oxygen atoms in total. The third-order valence-electron chi connectivity index (χ3n) is 2.87. The molecule has 0 saturated carbocycles. The van der Waals surface area contributed by atoms with Crippen LogP contribution in [0.15, 0.2) is 46.9 Å². The highest BCUT2D eigenvalue weighted by Crippen LogP contribution is 2.28. The number of carbonyl (C=O) groups excluding carboxylic acids is 1. The van der Waals surface area contributed by atoms with Crippen LogP contribution in [0.2, 0.25) is 0 Å². The first-order valence-corrected chi connectivity index (χ1v) is 7.43. The first-order valence-electron chi connectivity index (χ1n) is 6.64. The summed E-state index contributed by atoms with van der Waals surface area (Å²) in [6.45, 7) is 5.80. The van der Waals surface area contributed by atoms with E-state index in [1.54, 1.807) is 18.2 Å². The highest BCUT2D eigenvalue weighted by molar-refractivity contribution is 9.10. The summed E-state index contributed by atoms with van der Waals surface area (Å²) in [6.07, 6.45) is 0. The predicted molar refractivity (Wildman–Crippen MR) is 86.8 cm³/mol. The topological polar surface area (TPSA) is 29.1 Å². The molecule has 21 heavy (non-hydrogen) atoms. The molecule has 0 bridgehead atoms. The average Bonchev–Trinajstić information content (AvgIpc) is 2.37. The summed E-state index contributed by atoms with van der Waals surface area (Å²) in [7, 11) is 0. The maximum absolute atomic E-state index is 13.1. The molecule has 2 aromatic rings. The number of carbonyl (C=O) groups is 1. The first-order chi connectivity index (χ1) is 9.76. The van der Waals surface area contributed by atoms with Crippen LogP contribution in [0.1, 0.15) is 31.1 Å². The Balaban J connectivity index is 2.47. The van der Waals surface area contributed by atoms with Gasteiger partial charge in [-0.1, -0.05) is 28.1 Å². The molecular formula is C17H17BrFNO. The van der Waals surface area contributed by atoms with E-state index in [2.05, 4.69) is 21.2 Å². The zero-order valence-corrected chi connectivity index (χ0v) is 13.8. The Morgan fingerprint density at radius 3 is 2.29 bits per heavy atom. The molecule has 0 aromatic heterocycles. The van der Waals surface area contributed by atoms with E-state index in [0.717, 1.165) is 15.6 Å². The van der Waals surface area contributed by atoms with Gasteiger partial charge in [-0.25, -0.2) is 4.39 Å². The van der Waals surface area contributed by atoms with Crippen molar-refractivity contribution < 1.29 is 9.18 Å². The largest absolute Gasteiger partial charge is 0.347 e. The van der Waals surface area contributed by atoms with Crippen molar-refractivity contribution in [2.24, 2.45) is 0 Å². The number of nitrogens with one attached hydrogen (secondary N) is 1. The number of hydrogen-bond donors (Lipinski definition) is 1. The summed E-state index contributed by atoms with van der Waals surface area (Å²) in [5.74, 6) is -0.441. The van der Waals surface area contributed by atoms with E-state index in [1.807, 2.05) is 32.9 Å². The Kier molecular flexibility index (Phi) is 4.47. The molecule has 1 N–H and O–H groups in total. The summed E-state index contributed by atoms with van der Waals surface area (Å²) >= 11 is 3.41. The normalized spacial score (nSPS) is 11.3. The second kappa shape index (κ2) is 5.98. The van der Waals surface area contributed by atoms with E-state index >= 15 is 0 Å². The molecule has 2 aromatic carbocycles. The number of benzene rings is 2. The fourth-order valence-electron chi connectivity index (χ4n) is 1.99. The van der Waals surface area contributed by atoms with E-state index in [-0.39, 0.29) is 17.3 Å². The van der Waals surface area contributed by atoms with Crippen molar-refractivity contribution in [2.45, 2.75) is 26.3 Å². The van der Waals surface area contributed by atoms with Gasteiger partial charge in [0.1, 0.15) is 5.82 Å². The highest BCUT2D eigenvalue weighted by atomic mass is 79.9. The molecule has 0 aliphatic rings. The number of amides is 1. The van der Waals surface area contributed by atoms with Crippen LogP contribution in [0.3, 0.4) is 0 Å². The molecule has 2 rings (SSSR count). The van der Waals surface area contributed by atoms with E-state index < -0.39 is 0 Å². The van der Waals surface area contributed by atoms with Gasteiger partial charge in [-0.3, -0.25) is 4.79 Å². The molecule has 0 radical (unpaired) electrons. The van der Waals surface area contributed by atoms with E-state index in [0.29, 0.717) is 5.56 Å². The van der Waals surface area contributed by atoms with Gasteiger partial charge in [-0.05, 0) is 62.2 Å². The minimum absolute atomic E-state index is 0.144. The van der Waals surface area contributed by atoms with Crippen LogP contribution in [-0.4, -0.2) is 11.4 Å². The van der Waals surface area contributed by atoms with Gasteiger partial charge in [0.15, 0.2) is 0 Å². The van der Waals surface area contributed by atoms with E-state index in [9.17, 15) is 9.18 Å². The molecule has 0 saturated heterocycles. The van der Waals surface area contributed by atoms with Gasteiger partial charge < -0.3 is 5.32 Å². The summed E-state index contributed by atoms with van der Waals surface area (Å²) < 4.78 is 13.9. The Morgan fingerprint density at radius 1 is 1.10 bits per heavy atom. The SMILES string of the molecule is CC(C)(C)NC(=O)c1ccc(Br)cc1-c1ccc(F)cc1. The van der Waals surface area contributed by atoms with Gasteiger partial charge in [0.05, 0.1) is 0 Å². The summed E-state index contributed by atoms with van der Waals surface area (Å²) in [5, 5.41) is 2.95. The zero-order chi connectivity index (χ0) is 15.6. The smallest absolute Gasteiger partial charge is 0.252 e. The molecule has 0 heterocycles. The van der Waals surface area contributed by atoms with Crippen LogP contribution >= 0.6 is 15.9 Å². The molecule has 1 amide bonds. The second-order valence-electron chi connectivity index (χ2n) is 5.90. The lowest BCUT2D eigenvalue weighted by Gasteiger charge is -2.21. The van der Waals surface area contributed by atoms with Crippen molar-refractivity contribution in [1.82, 2.24) is 5.32 Å². The van der Waals surface area contributed by atoms with Gasteiger partial charge in [0.2, 0.25) is 0 Å². The Bertz CT molecular complexity index is 659. The van der Waals surface area contributed by atoms with Crippen molar-refractivity contribution >= 4 is 21.8 Å². The van der Waals surface area contributed by atoms with Gasteiger partial charge >= 0.3 is 0 Å². The molecule has 0 spiro atoms. The minimum Gasteiger partial charge on any atom is -0.347 e. The van der Waals surface area contributed by atoms with Crippen LogP contribution in [0, 0.1) is 5.82 Å². The Labute approximate surface area is 132 Å². The maximum atomic E-state index is 13.1. The molecule has 110 valence electrons. The van der Waals surface area contributed by atoms with Crippen molar-refractivity contribution in [3.63, 3.8) is 0 Å². The van der Waals surface area contributed by atoms with Crippen molar-refractivity contribution in [3.8, 4) is 11.1 Å². The summed E-state index contributed by atoms with van der Waals surface area (Å²) in [5.41, 5.74) is 1.83. The number of halogens is 2. The minimum atomic E-state index is -0.315. The molecule has 4 heteroatoms. The highest BCUT2D eigenvalue weighted by Gasteiger charge is 2.18. The fraction of sp³-hybridized carbons (Fsp3) is 0.235. The molecule has 0 unspecified atom stereocenters. The number of hydrogen-bond acceptors (Lipinski definition) is 1. The monoisotopic (exact) mass is 349 g/mol. The lowest BCUT2D eigenvalue weighted by Crippen LogP contribution is -2.40. The quantitative estimate of drug-likeness (QED) is 0.830. The van der Waals surface area contributed by atoms with Crippen molar-refractivity contribution in [3.05, 3.63) is 58.3 Å². The van der Waals surface area contributed by atoms with Crippen LogP contribution in [-0.2, 0) is 0 Å². The summed E-state index contributed by atoms with van der Waals surface area (Å²) in [6, 6.07) is 11.6. The van der Waals surface area contributed by atoms with Crippen molar-refractivity contribution in [2.75, 3.05) is 0 Å². The standard InChI is InChI=1S/C17H17BrFNO/c1-17(2,3)20-16(21)14-9-6-12(18)10-15(14)11-4-7-13(19)8-5-11/h4-10H,1-3H3,(H,20,21). The second-order valence-corrected chi connectivity index (χ2v) is 6.82. The van der Waals surface area contributed by atoms with Gasteiger partial charge in [-0.15, -0.1) is 0 Å². The third kappa shape index (κ3) is 4.14. The van der Waals surface area contributed by atoms with Crippen LogP contribution in [0.4, 0.5) is 4.39 Å². The molecule has 0 aliphatic heterocycles. The molecule has 0 fully saturated rings. The lowest BCUT2D eigenvalue weighted by molar-refractivity contribution is 0.0920.